The maximum Gasteiger partial charge on any atom is 0.306 e. The van der Waals surface area contributed by atoms with Crippen molar-refractivity contribution in [3.8, 4) is 0 Å². The Labute approximate surface area is 378 Å². The lowest BCUT2D eigenvalue weighted by Gasteiger charge is -2.18. The summed E-state index contributed by atoms with van der Waals surface area (Å²) < 4.78 is 16.7. The molecule has 1 atom stereocenters. The van der Waals surface area contributed by atoms with E-state index in [4.69, 9.17) is 14.2 Å². The van der Waals surface area contributed by atoms with E-state index in [1.807, 2.05) is 0 Å². The number of allylic oxidation sites excluding steroid dienone is 8. The van der Waals surface area contributed by atoms with E-state index < -0.39 is 6.10 Å². The lowest BCUT2D eigenvalue weighted by Crippen LogP contribution is -2.30. The summed E-state index contributed by atoms with van der Waals surface area (Å²) in [6.07, 6.45) is 59.6. The molecule has 0 saturated heterocycles. The Morgan fingerprint density at radius 3 is 1.05 bits per heavy atom. The van der Waals surface area contributed by atoms with Gasteiger partial charge in [0, 0.05) is 19.3 Å². The highest BCUT2D eigenvalue weighted by molar-refractivity contribution is 5.71. The Morgan fingerprint density at radius 1 is 0.344 bits per heavy atom. The topological polar surface area (TPSA) is 78.9 Å². The molecule has 6 nitrogen and oxygen atoms in total. The van der Waals surface area contributed by atoms with Crippen LogP contribution in [0.15, 0.2) is 48.6 Å². The number of carbonyl (C=O) groups excluding carboxylic acids is 3. The molecule has 1 unspecified atom stereocenters. The van der Waals surface area contributed by atoms with Gasteiger partial charge in [0.05, 0.1) is 0 Å². The van der Waals surface area contributed by atoms with Crippen molar-refractivity contribution >= 4 is 17.9 Å². The average Bonchev–Trinajstić information content (AvgIpc) is 3.26. The minimum Gasteiger partial charge on any atom is -0.462 e. The second-order valence-corrected chi connectivity index (χ2v) is 17.4. The third kappa shape index (κ3) is 48.3. The lowest BCUT2D eigenvalue weighted by molar-refractivity contribution is -0.167. The van der Waals surface area contributed by atoms with E-state index in [0.717, 1.165) is 70.6 Å². The van der Waals surface area contributed by atoms with Crippen molar-refractivity contribution in [3.05, 3.63) is 48.6 Å². The molecule has 0 aliphatic rings. The van der Waals surface area contributed by atoms with Crippen LogP contribution in [0.2, 0.25) is 0 Å². The van der Waals surface area contributed by atoms with E-state index in [-0.39, 0.29) is 37.5 Å². The lowest BCUT2D eigenvalue weighted by atomic mass is 10.0. The van der Waals surface area contributed by atoms with Crippen LogP contribution >= 0.6 is 0 Å². The molecule has 0 saturated carbocycles. The van der Waals surface area contributed by atoms with Crippen molar-refractivity contribution in [2.24, 2.45) is 0 Å². The maximum atomic E-state index is 12.7. The number of hydrogen-bond acceptors (Lipinski definition) is 6. The summed E-state index contributed by atoms with van der Waals surface area (Å²) in [5.41, 5.74) is 0. The molecule has 0 aromatic heterocycles. The van der Waals surface area contributed by atoms with Crippen LogP contribution in [0.25, 0.3) is 0 Å². The molecule has 0 aliphatic heterocycles. The van der Waals surface area contributed by atoms with Crippen LogP contribution in [0.1, 0.15) is 265 Å². The molecule has 0 radical (unpaired) electrons. The van der Waals surface area contributed by atoms with Crippen LogP contribution in [0.4, 0.5) is 0 Å². The van der Waals surface area contributed by atoms with Crippen molar-refractivity contribution in [2.45, 2.75) is 271 Å². The van der Waals surface area contributed by atoms with Crippen LogP contribution in [0.5, 0.6) is 0 Å². The van der Waals surface area contributed by atoms with E-state index in [2.05, 4.69) is 69.4 Å². The highest BCUT2D eigenvalue weighted by atomic mass is 16.6. The molecule has 61 heavy (non-hydrogen) atoms. The van der Waals surface area contributed by atoms with Gasteiger partial charge in [-0.3, -0.25) is 14.4 Å². The van der Waals surface area contributed by atoms with Gasteiger partial charge in [0.1, 0.15) is 13.2 Å². The average molecular weight is 855 g/mol. The summed E-state index contributed by atoms with van der Waals surface area (Å²) in [5.74, 6) is -0.925. The summed E-state index contributed by atoms with van der Waals surface area (Å²) in [6.45, 7) is 6.50. The molecular weight excluding hydrogens is 757 g/mol. The van der Waals surface area contributed by atoms with Gasteiger partial charge in [-0.15, -0.1) is 0 Å². The van der Waals surface area contributed by atoms with Gasteiger partial charge in [0.15, 0.2) is 6.10 Å². The van der Waals surface area contributed by atoms with Crippen molar-refractivity contribution in [1.29, 1.82) is 0 Å². The zero-order valence-corrected chi connectivity index (χ0v) is 40.4. The second kappa shape index (κ2) is 50.0. The molecule has 354 valence electrons. The number of carbonyl (C=O) groups is 3. The SMILES string of the molecule is CC/C=C\C/C=C\C/C=C\CCCCC(=O)OC(COC(=O)CCCCCCCCC/C=C\CCCCCCCCCC)COC(=O)CCCCCCCCCCCCCC. The minimum absolute atomic E-state index is 0.0877. The highest BCUT2D eigenvalue weighted by Gasteiger charge is 2.19. The number of ether oxygens (including phenoxy) is 3. The summed E-state index contributed by atoms with van der Waals surface area (Å²) in [6, 6.07) is 0. The van der Waals surface area contributed by atoms with Crippen LogP contribution in [0.3, 0.4) is 0 Å². The smallest absolute Gasteiger partial charge is 0.306 e. The Morgan fingerprint density at radius 2 is 0.639 bits per heavy atom. The van der Waals surface area contributed by atoms with Crippen molar-refractivity contribution in [1.82, 2.24) is 0 Å². The summed E-state index contributed by atoms with van der Waals surface area (Å²) in [4.78, 5) is 37.9. The van der Waals surface area contributed by atoms with Gasteiger partial charge in [-0.2, -0.15) is 0 Å². The molecule has 0 bridgehead atoms. The Kier molecular flexibility index (Phi) is 47.9. The van der Waals surface area contributed by atoms with E-state index in [1.54, 1.807) is 0 Å². The normalized spacial score (nSPS) is 12.4. The van der Waals surface area contributed by atoms with Gasteiger partial charge in [0.2, 0.25) is 0 Å². The molecule has 6 heteroatoms. The largest absolute Gasteiger partial charge is 0.462 e. The van der Waals surface area contributed by atoms with Gasteiger partial charge in [-0.1, -0.05) is 217 Å². The third-order valence-electron chi connectivity index (χ3n) is 11.3. The van der Waals surface area contributed by atoms with E-state index >= 15 is 0 Å². The van der Waals surface area contributed by atoms with Crippen molar-refractivity contribution in [2.75, 3.05) is 13.2 Å². The monoisotopic (exact) mass is 855 g/mol. The fourth-order valence-corrected chi connectivity index (χ4v) is 7.39. The standard InChI is InChI=1S/C55H98O6/c1-4-7-10-13-16-19-22-25-26-27-28-29-30-31-34-36-39-42-45-48-54(57)60-51-52(61-55(58)49-46-43-40-37-33-24-21-18-15-12-9-6-3)50-59-53(56)47-44-41-38-35-32-23-20-17-14-11-8-5-2/h9,12,18,21,27-28,33,37,52H,4-8,10-11,13-17,19-20,22-26,29-32,34-36,38-51H2,1-3H3/b12-9-,21-18-,28-27-,37-33-. The fourth-order valence-electron chi connectivity index (χ4n) is 7.39. The predicted molar refractivity (Wildman–Crippen MR) is 261 cm³/mol. The number of esters is 3. The van der Waals surface area contributed by atoms with Gasteiger partial charge >= 0.3 is 17.9 Å². The molecule has 0 rings (SSSR count). The Hall–Kier alpha value is -2.63. The highest BCUT2D eigenvalue weighted by Crippen LogP contribution is 2.15. The molecule has 0 aromatic rings. The first-order valence-electron chi connectivity index (χ1n) is 26.1. The molecule has 0 aliphatic carbocycles. The maximum absolute atomic E-state index is 12.7. The molecule has 0 N–H and O–H groups in total. The molecule has 0 fully saturated rings. The molecular formula is C55H98O6. The van der Waals surface area contributed by atoms with Crippen LogP contribution in [0, 0.1) is 0 Å². The number of rotatable bonds is 47. The third-order valence-corrected chi connectivity index (χ3v) is 11.3. The molecule has 0 amide bonds. The second-order valence-electron chi connectivity index (χ2n) is 17.4. The number of hydrogen-bond donors (Lipinski definition) is 0. The van der Waals surface area contributed by atoms with Crippen molar-refractivity contribution in [3.63, 3.8) is 0 Å². The first-order chi connectivity index (χ1) is 30.0. The van der Waals surface area contributed by atoms with E-state index in [0.29, 0.717) is 19.3 Å². The van der Waals surface area contributed by atoms with E-state index in [9.17, 15) is 14.4 Å². The molecule has 0 heterocycles. The predicted octanol–water partition coefficient (Wildman–Crippen LogP) is 17.1. The van der Waals surface area contributed by atoms with Crippen LogP contribution in [-0.2, 0) is 28.6 Å². The van der Waals surface area contributed by atoms with Crippen LogP contribution < -0.4 is 0 Å². The van der Waals surface area contributed by atoms with Gasteiger partial charge in [-0.05, 0) is 77.0 Å². The molecule has 0 aromatic carbocycles. The minimum atomic E-state index is -0.791. The quantitative estimate of drug-likeness (QED) is 0.0263. The van der Waals surface area contributed by atoms with Gasteiger partial charge in [-0.25, -0.2) is 0 Å². The zero-order valence-electron chi connectivity index (χ0n) is 40.4. The first-order valence-corrected chi connectivity index (χ1v) is 26.1. The Balaban J connectivity index is 4.34. The fraction of sp³-hybridized carbons (Fsp3) is 0.800. The Bertz CT molecular complexity index is 1070. The summed E-state index contributed by atoms with van der Waals surface area (Å²) >= 11 is 0. The van der Waals surface area contributed by atoms with Crippen molar-refractivity contribution < 1.29 is 28.6 Å². The zero-order chi connectivity index (χ0) is 44.4. The van der Waals surface area contributed by atoms with Gasteiger partial charge < -0.3 is 14.2 Å². The van der Waals surface area contributed by atoms with Gasteiger partial charge in [0.25, 0.3) is 0 Å². The van der Waals surface area contributed by atoms with Crippen LogP contribution in [-0.4, -0.2) is 37.2 Å². The van der Waals surface area contributed by atoms with E-state index in [1.165, 1.54) is 148 Å². The number of unbranched alkanes of at least 4 members (excludes halogenated alkanes) is 28. The summed E-state index contributed by atoms with van der Waals surface area (Å²) in [7, 11) is 0. The summed E-state index contributed by atoms with van der Waals surface area (Å²) in [5, 5.41) is 0. The first kappa shape index (κ1) is 58.4. The molecule has 0 spiro atoms.